The van der Waals surface area contributed by atoms with E-state index in [4.69, 9.17) is 0 Å². The van der Waals surface area contributed by atoms with Crippen LogP contribution < -0.4 is 5.32 Å². The number of nitrogens with zero attached hydrogens (tertiary/aromatic N) is 1. The Morgan fingerprint density at radius 2 is 2.05 bits per heavy atom. The zero-order chi connectivity index (χ0) is 13.8. The third kappa shape index (κ3) is 3.69. The summed E-state index contributed by atoms with van der Waals surface area (Å²) >= 11 is 0. The normalized spacial score (nSPS) is 19.4. The van der Waals surface area contributed by atoms with Crippen molar-refractivity contribution in [2.75, 3.05) is 25.0 Å². The number of piperidine rings is 1. The first-order valence-electron chi connectivity index (χ1n) is 7.35. The number of halogens is 1. The van der Waals surface area contributed by atoms with Gasteiger partial charge in [-0.3, -0.25) is 0 Å². The molecular weight excluding hydrogens is 239 g/mol. The van der Waals surface area contributed by atoms with Gasteiger partial charge in [-0.15, -0.1) is 0 Å². The fourth-order valence-corrected chi connectivity index (χ4v) is 2.87. The van der Waals surface area contributed by atoms with Crippen LogP contribution in [-0.4, -0.2) is 30.6 Å². The van der Waals surface area contributed by atoms with E-state index in [-0.39, 0.29) is 5.82 Å². The van der Waals surface area contributed by atoms with Crippen molar-refractivity contribution in [3.8, 4) is 0 Å². The summed E-state index contributed by atoms with van der Waals surface area (Å²) in [7, 11) is 0. The second kappa shape index (κ2) is 6.38. The summed E-state index contributed by atoms with van der Waals surface area (Å²) in [6, 6.07) is 5.73. The highest BCUT2D eigenvalue weighted by Crippen LogP contribution is 2.24. The van der Waals surface area contributed by atoms with Crippen molar-refractivity contribution in [1.29, 1.82) is 0 Å². The zero-order valence-corrected chi connectivity index (χ0v) is 12.2. The standard InChI is InChI=1S/C16H25FN2/c1-4-19-9-7-14(8-10-19)13(3)18-16-6-5-12(2)11-15(16)17/h5-6,11,13-14,18H,4,7-10H2,1-3H3. The van der Waals surface area contributed by atoms with E-state index in [1.807, 2.05) is 19.1 Å². The van der Waals surface area contributed by atoms with Gasteiger partial charge in [-0.2, -0.15) is 0 Å². The molecule has 1 N–H and O–H groups in total. The highest BCUT2D eigenvalue weighted by Gasteiger charge is 2.23. The van der Waals surface area contributed by atoms with Crippen LogP contribution in [0.1, 0.15) is 32.3 Å². The maximum Gasteiger partial charge on any atom is 0.146 e. The van der Waals surface area contributed by atoms with Crippen molar-refractivity contribution >= 4 is 5.69 Å². The van der Waals surface area contributed by atoms with E-state index in [0.717, 1.165) is 12.1 Å². The SMILES string of the molecule is CCN1CCC(C(C)Nc2ccc(C)cc2F)CC1. The molecule has 2 rings (SSSR count). The first kappa shape index (κ1) is 14.3. The third-order valence-corrected chi connectivity index (χ3v) is 4.29. The zero-order valence-electron chi connectivity index (χ0n) is 12.2. The van der Waals surface area contributed by atoms with E-state index in [9.17, 15) is 4.39 Å². The molecule has 1 aliphatic heterocycles. The van der Waals surface area contributed by atoms with E-state index in [1.54, 1.807) is 6.07 Å². The molecule has 2 nitrogen and oxygen atoms in total. The van der Waals surface area contributed by atoms with Crippen LogP contribution in [0.4, 0.5) is 10.1 Å². The Balaban J connectivity index is 1.92. The van der Waals surface area contributed by atoms with Crippen molar-refractivity contribution < 1.29 is 4.39 Å². The van der Waals surface area contributed by atoms with Gasteiger partial charge in [-0.25, -0.2) is 4.39 Å². The summed E-state index contributed by atoms with van der Waals surface area (Å²) in [4.78, 5) is 2.48. The lowest BCUT2D eigenvalue weighted by atomic mass is 9.90. The lowest BCUT2D eigenvalue weighted by molar-refractivity contribution is 0.183. The van der Waals surface area contributed by atoms with Crippen LogP contribution >= 0.6 is 0 Å². The van der Waals surface area contributed by atoms with Crippen LogP contribution in [0.3, 0.4) is 0 Å². The molecule has 0 bridgehead atoms. The smallest absolute Gasteiger partial charge is 0.146 e. The molecule has 1 unspecified atom stereocenters. The molecular formula is C16H25FN2. The Labute approximate surface area is 116 Å². The van der Waals surface area contributed by atoms with Crippen LogP contribution in [-0.2, 0) is 0 Å². The fraction of sp³-hybridized carbons (Fsp3) is 0.625. The summed E-state index contributed by atoms with van der Waals surface area (Å²) in [5.74, 6) is 0.501. The number of hydrogen-bond donors (Lipinski definition) is 1. The molecule has 0 radical (unpaired) electrons. The predicted octanol–water partition coefficient (Wildman–Crippen LogP) is 3.67. The van der Waals surface area contributed by atoms with Gasteiger partial charge in [0, 0.05) is 6.04 Å². The Morgan fingerprint density at radius 3 is 2.63 bits per heavy atom. The predicted molar refractivity (Wildman–Crippen MR) is 79.1 cm³/mol. The fourth-order valence-electron chi connectivity index (χ4n) is 2.87. The minimum absolute atomic E-state index is 0.141. The molecule has 3 heteroatoms. The lowest BCUT2D eigenvalue weighted by Crippen LogP contribution is -2.39. The average Bonchev–Trinajstić information content (AvgIpc) is 2.42. The van der Waals surface area contributed by atoms with Crippen molar-refractivity contribution in [3.05, 3.63) is 29.6 Å². The van der Waals surface area contributed by atoms with Gasteiger partial charge in [0.05, 0.1) is 5.69 Å². The second-order valence-corrected chi connectivity index (χ2v) is 5.69. The molecule has 1 heterocycles. The Hall–Kier alpha value is -1.09. The summed E-state index contributed by atoms with van der Waals surface area (Å²) in [6.07, 6.45) is 2.41. The van der Waals surface area contributed by atoms with Gasteiger partial charge in [0.1, 0.15) is 5.82 Å². The molecule has 0 spiro atoms. The van der Waals surface area contributed by atoms with Crippen LogP contribution in [0.5, 0.6) is 0 Å². The van der Waals surface area contributed by atoms with Gasteiger partial charge in [-0.1, -0.05) is 13.0 Å². The van der Waals surface area contributed by atoms with E-state index in [2.05, 4.69) is 24.1 Å². The van der Waals surface area contributed by atoms with Gasteiger partial charge >= 0.3 is 0 Å². The van der Waals surface area contributed by atoms with Gasteiger partial charge in [0.25, 0.3) is 0 Å². The van der Waals surface area contributed by atoms with Crippen molar-refractivity contribution in [1.82, 2.24) is 4.90 Å². The number of nitrogens with one attached hydrogen (secondary N) is 1. The number of anilines is 1. The largest absolute Gasteiger partial charge is 0.380 e. The minimum atomic E-state index is -0.141. The molecule has 0 aromatic heterocycles. The number of hydrogen-bond acceptors (Lipinski definition) is 2. The second-order valence-electron chi connectivity index (χ2n) is 5.69. The molecule has 1 aromatic rings. The van der Waals surface area contributed by atoms with Gasteiger partial charge in [0.2, 0.25) is 0 Å². The van der Waals surface area contributed by atoms with Crippen molar-refractivity contribution in [2.45, 2.75) is 39.7 Å². The Kier molecular flexibility index (Phi) is 4.81. The number of likely N-dealkylation sites (tertiary alicyclic amines) is 1. The summed E-state index contributed by atoms with van der Waals surface area (Å²) < 4.78 is 13.8. The van der Waals surface area contributed by atoms with Crippen molar-refractivity contribution in [2.24, 2.45) is 5.92 Å². The molecule has 0 aliphatic carbocycles. The van der Waals surface area contributed by atoms with E-state index < -0.39 is 0 Å². The number of benzene rings is 1. The first-order valence-corrected chi connectivity index (χ1v) is 7.35. The minimum Gasteiger partial charge on any atom is -0.380 e. The maximum absolute atomic E-state index is 13.8. The molecule has 106 valence electrons. The van der Waals surface area contributed by atoms with Crippen LogP contribution in [0.15, 0.2) is 18.2 Å². The Morgan fingerprint density at radius 1 is 1.37 bits per heavy atom. The molecule has 0 saturated carbocycles. The topological polar surface area (TPSA) is 15.3 Å². The molecule has 19 heavy (non-hydrogen) atoms. The van der Waals surface area contributed by atoms with Crippen LogP contribution in [0.2, 0.25) is 0 Å². The molecule has 1 aliphatic rings. The number of rotatable bonds is 4. The summed E-state index contributed by atoms with van der Waals surface area (Å²) in [5.41, 5.74) is 1.60. The molecule has 1 aromatic carbocycles. The average molecular weight is 264 g/mol. The van der Waals surface area contributed by atoms with Crippen LogP contribution in [0.25, 0.3) is 0 Å². The van der Waals surface area contributed by atoms with Gasteiger partial charge < -0.3 is 10.2 Å². The van der Waals surface area contributed by atoms with Crippen molar-refractivity contribution in [3.63, 3.8) is 0 Å². The van der Waals surface area contributed by atoms with Gasteiger partial charge in [0.15, 0.2) is 0 Å². The summed E-state index contributed by atoms with van der Waals surface area (Å²) in [6.45, 7) is 9.78. The lowest BCUT2D eigenvalue weighted by Gasteiger charge is -2.34. The molecule has 0 amide bonds. The van der Waals surface area contributed by atoms with Crippen LogP contribution in [0, 0.1) is 18.7 Å². The monoisotopic (exact) mass is 264 g/mol. The quantitative estimate of drug-likeness (QED) is 0.892. The highest BCUT2D eigenvalue weighted by molar-refractivity contribution is 5.46. The maximum atomic E-state index is 13.8. The first-order chi connectivity index (χ1) is 9.10. The van der Waals surface area contributed by atoms with E-state index in [0.29, 0.717) is 17.6 Å². The molecule has 1 fully saturated rings. The number of aryl methyl sites for hydroxylation is 1. The van der Waals surface area contributed by atoms with E-state index in [1.165, 1.54) is 25.9 Å². The third-order valence-electron chi connectivity index (χ3n) is 4.29. The van der Waals surface area contributed by atoms with Gasteiger partial charge in [-0.05, 0) is 69.9 Å². The van der Waals surface area contributed by atoms with E-state index >= 15 is 0 Å². The summed E-state index contributed by atoms with van der Waals surface area (Å²) in [5, 5.41) is 3.35. The highest BCUT2D eigenvalue weighted by atomic mass is 19.1. The Bertz CT molecular complexity index is 411. The molecule has 1 saturated heterocycles. The molecule has 1 atom stereocenters.